The number of likely N-dealkylation sites (tertiary alicyclic amines) is 1. The zero-order chi connectivity index (χ0) is 43.9. The van der Waals surface area contributed by atoms with Gasteiger partial charge in [-0.25, -0.2) is 4.79 Å². The summed E-state index contributed by atoms with van der Waals surface area (Å²) in [6.07, 6.45) is 0.783. The highest BCUT2D eigenvalue weighted by Crippen LogP contribution is 2.30. The van der Waals surface area contributed by atoms with Crippen LogP contribution in [0.15, 0.2) is 30.3 Å². The summed E-state index contributed by atoms with van der Waals surface area (Å²) in [5.74, 6) is -3.26. The number of ether oxygens (including phenoxy) is 2. The molecule has 2 rings (SSSR count). The van der Waals surface area contributed by atoms with E-state index in [9.17, 15) is 29.1 Å². The number of aliphatic carboxylic acids is 1. The Morgan fingerprint density at radius 1 is 0.897 bits per heavy atom. The lowest BCUT2D eigenvalue weighted by molar-refractivity contribution is -0.148. The van der Waals surface area contributed by atoms with Gasteiger partial charge < -0.3 is 40.3 Å². The van der Waals surface area contributed by atoms with E-state index in [-0.39, 0.29) is 48.3 Å². The maximum atomic E-state index is 14.4. The number of hydrogen-bond donors (Lipinski definition) is 4. The smallest absolute Gasteiger partial charge is 0.326 e. The molecule has 1 aliphatic heterocycles. The Labute approximate surface area is 348 Å². The van der Waals surface area contributed by atoms with Crippen molar-refractivity contribution >= 4 is 29.6 Å². The number of carbonyl (C=O) groups is 5. The Bertz CT molecular complexity index is 1440. The van der Waals surface area contributed by atoms with Crippen LogP contribution in [0.2, 0.25) is 0 Å². The van der Waals surface area contributed by atoms with Crippen molar-refractivity contribution < 1.29 is 38.6 Å². The first-order valence-corrected chi connectivity index (χ1v) is 21.2. The summed E-state index contributed by atoms with van der Waals surface area (Å²) < 4.78 is 11.9. The Morgan fingerprint density at radius 3 is 2.05 bits per heavy atom. The van der Waals surface area contributed by atoms with E-state index in [1.54, 1.807) is 30.9 Å². The predicted molar refractivity (Wildman–Crippen MR) is 227 cm³/mol. The molecule has 14 nitrogen and oxygen atoms in total. The lowest BCUT2D eigenvalue weighted by atomic mass is 9.89. The van der Waals surface area contributed by atoms with Gasteiger partial charge in [-0.15, -0.1) is 0 Å². The highest BCUT2D eigenvalue weighted by Gasteiger charge is 2.43. The zero-order valence-corrected chi connectivity index (χ0v) is 37.6. The van der Waals surface area contributed by atoms with Crippen molar-refractivity contribution in [2.45, 2.75) is 143 Å². The third-order valence-corrected chi connectivity index (χ3v) is 11.8. The first kappa shape index (κ1) is 50.6. The van der Waals surface area contributed by atoms with Crippen LogP contribution in [0.5, 0.6) is 0 Å². The average molecular weight is 817 g/mol. The molecular weight excluding hydrogens is 741 g/mol. The van der Waals surface area contributed by atoms with Gasteiger partial charge in [0.1, 0.15) is 12.1 Å². The molecule has 0 unspecified atom stereocenters. The monoisotopic (exact) mass is 817 g/mol. The van der Waals surface area contributed by atoms with Crippen LogP contribution in [-0.4, -0.2) is 146 Å². The second kappa shape index (κ2) is 24.5. The second-order valence-corrected chi connectivity index (χ2v) is 17.2. The maximum Gasteiger partial charge on any atom is 0.326 e. The highest BCUT2D eigenvalue weighted by atomic mass is 16.5. The van der Waals surface area contributed by atoms with Crippen molar-refractivity contribution in [3.05, 3.63) is 35.9 Å². The van der Waals surface area contributed by atoms with Gasteiger partial charge in [0, 0.05) is 53.4 Å². The molecule has 0 radical (unpaired) electrons. The van der Waals surface area contributed by atoms with E-state index in [0.29, 0.717) is 38.4 Å². The molecule has 0 aromatic heterocycles. The Hall–Kier alpha value is -3.59. The van der Waals surface area contributed by atoms with Gasteiger partial charge in [-0.3, -0.25) is 24.1 Å². The van der Waals surface area contributed by atoms with Crippen LogP contribution in [0.4, 0.5) is 0 Å². The molecule has 1 aliphatic rings. The first-order chi connectivity index (χ1) is 27.3. The largest absolute Gasteiger partial charge is 0.480 e. The lowest BCUT2D eigenvalue weighted by Crippen LogP contribution is -2.60. The van der Waals surface area contributed by atoms with Crippen molar-refractivity contribution in [3.63, 3.8) is 0 Å². The summed E-state index contributed by atoms with van der Waals surface area (Å²) in [6, 6.07) is 6.16. The van der Waals surface area contributed by atoms with E-state index < -0.39 is 60.2 Å². The second-order valence-electron chi connectivity index (χ2n) is 17.2. The first-order valence-electron chi connectivity index (χ1n) is 21.2. The predicted octanol–water partition coefficient (Wildman–Crippen LogP) is 3.81. The summed E-state index contributed by atoms with van der Waals surface area (Å²) in [4.78, 5) is 73.7. The molecular formula is C44H76N6O8. The van der Waals surface area contributed by atoms with Crippen LogP contribution in [0.3, 0.4) is 0 Å². The summed E-state index contributed by atoms with van der Waals surface area (Å²) in [5.41, 5.74) is 0.785. The van der Waals surface area contributed by atoms with Gasteiger partial charge in [0.2, 0.25) is 23.6 Å². The molecule has 1 heterocycles. The molecule has 9 atom stereocenters. The fourth-order valence-corrected chi connectivity index (χ4v) is 8.31. The van der Waals surface area contributed by atoms with Gasteiger partial charge in [-0.1, -0.05) is 99.1 Å². The summed E-state index contributed by atoms with van der Waals surface area (Å²) in [7, 11) is 6.70. The number of hydrogen-bond acceptors (Lipinski definition) is 9. The van der Waals surface area contributed by atoms with Crippen molar-refractivity contribution in [1.82, 2.24) is 30.7 Å². The number of likely N-dealkylation sites (N-methyl/N-ethyl adjacent to an activating group) is 2. The van der Waals surface area contributed by atoms with Gasteiger partial charge in [0.15, 0.2) is 0 Å². The van der Waals surface area contributed by atoms with Gasteiger partial charge in [0.25, 0.3) is 0 Å². The zero-order valence-electron chi connectivity index (χ0n) is 37.6. The molecule has 4 amide bonds. The van der Waals surface area contributed by atoms with Crippen LogP contribution < -0.4 is 16.0 Å². The van der Waals surface area contributed by atoms with E-state index in [2.05, 4.69) is 29.8 Å². The number of nitrogens with zero attached hydrogens (tertiary/aromatic N) is 3. The number of amides is 4. The van der Waals surface area contributed by atoms with Crippen LogP contribution in [-0.2, 0) is 39.9 Å². The quantitative estimate of drug-likeness (QED) is 0.114. The molecule has 4 N–H and O–H groups in total. The van der Waals surface area contributed by atoms with Crippen LogP contribution in [0.1, 0.15) is 93.6 Å². The summed E-state index contributed by atoms with van der Waals surface area (Å²) in [5, 5.41) is 19.1. The molecule has 1 aromatic rings. The number of carbonyl (C=O) groups excluding carboxylic acids is 4. The van der Waals surface area contributed by atoms with Crippen LogP contribution in [0.25, 0.3) is 0 Å². The molecule has 1 aromatic carbocycles. The van der Waals surface area contributed by atoms with Crippen LogP contribution in [0, 0.1) is 23.7 Å². The molecule has 0 bridgehead atoms. The fourth-order valence-electron chi connectivity index (χ4n) is 8.31. The number of methoxy groups -OCH3 is 2. The molecule has 330 valence electrons. The maximum absolute atomic E-state index is 14.4. The van der Waals surface area contributed by atoms with Gasteiger partial charge in [0.05, 0.1) is 42.7 Å². The lowest BCUT2D eigenvalue weighted by Gasteiger charge is -2.41. The summed E-state index contributed by atoms with van der Waals surface area (Å²) in [6.45, 7) is 19.6. The van der Waals surface area contributed by atoms with Crippen molar-refractivity contribution in [2.75, 3.05) is 47.9 Å². The topological polar surface area (TPSA) is 170 Å². The van der Waals surface area contributed by atoms with Gasteiger partial charge >= 0.3 is 5.97 Å². The molecule has 0 spiro atoms. The summed E-state index contributed by atoms with van der Waals surface area (Å²) >= 11 is 0. The molecule has 1 fully saturated rings. The molecule has 0 aliphatic carbocycles. The number of benzene rings is 1. The van der Waals surface area contributed by atoms with Gasteiger partial charge in [-0.2, -0.15) is 0 Å². The normalized spacial score (nSPS) is 18.7. The number of nitrogens with one attached hydrogen (secondary N) is 3. The SMILES string of the molecule is CC[C@H](C)[C@@H]([C@@H](CC(=O)N1CCC[C@H]1[C@H](OC)[C@@H](C)C(=O)N[C@@H](Cc1ccccc1)C(=O)O)OC)N(C)C(=O)[C@@H](NC(=O)[C@H](C(C)C)N(C)CCNC(C)C)C(C)C. The minimum absolute atomic E-state index is 0.00669. The average Bonchev–Trinajstić information content (AvgIpc) is 3.65. The van der Waals surface area contributed by atoms with Crippen molar-refractivity contribution in [1.29, 1.82) is 0 Å². The standard InChI is InChI=1S/C44H76N6O8/c1-14-30(8)39(49(11)43(54)37(27(2)3)47-42(53)38(28(4)5)48(10)24-22-45-29(6)7)35(57-12)26-36(51)50-23-18-21-34(50)40(58-13)31(9)41(52)46-33(44(55)56)25-32-19-16-15-17-20-32/h15-17,19-20,27-31,33-35,37-40,45H,14,18,21-26H2,1-13H3,(H,46,52)(H,47,53)(H,55,56)/t30-,31+,33-,34-,35+,37-,38-,39-,40+/m0/s1. The minimum Gasteiger partial charge on any atom is -0.480 e. The molecule has 1 saturated heterocycles. The third-order valence-electron chi connectivity index (χ3n) is 11.8. The minimum atomic E-state index is -1.14. The molecule has 58 heavy (non-hydrogen) atoms. The Morgan fingerprint density at radius 2 is 1.53 bits per heavy atom. The van der Waals surface area contributed by atoms with E-state index in [1.807, 2.05) is 83.8 Å². The van der Waals surface area contributed by atoms with Gasteiger partial charge in [-0.05, 0) is 43.2 Å². The van der Waals surface area contributed by atoms with Crippen molar-refractivity contribution in [3.8, 4) is 0 Å². The van der Waals surface area contributed by atoms with E-state index in [1.165, 1.54) is 7.11 Å². The van der Waals surface area contributed by atoms with E-state index in [0.717, 1.165) is 12.1 Å². The van der Waals surface area contributed by atoms with E-state index in [4.69, 9.17) is 9.47 Å². The Kier molecular flexibility index (Phi) is 21.3. The third kappa shape index (κ3) is 14.3. The Balaban J connectivity index is 2.27. The number of carboxylic acids is 1. The number of carboxylic acid groups (broad SMARTS) is 1. The van der Waals surface area contributed by atoms with Crippen LogP contribution >= 0.6 is 0 Å². The van der Waals surface area contributed by atoms with Crippen molar-refractivity contribution in [2.24, 2.45) is 23.7 Å². The highest BCUT2D eigenvalue weighted by molar-refractivity contribution is 5.90. The molecule has 14 heteroatoms. The molecule has 0 saturated carbocycles. The fraction of sp³-hybridized carbons (Fsp3) is 0.750. The van der Waals surface area contributed by atoms with E-state index >= 15 is 0 Å². The number of rotatable bonds is 25.